The number of halogens is 3. The van der Waals surface area contributed by atoms with Gasteiger partial charge in [-0.1, -0.05) is 13.8 Å². The molecule has 1 atom stereocenters. The number of benzene rings is 1. The lowest BCUT2D eigenvalue weighted by Gasteiger charge is -2.35. The molecule has 3 rings (SSSR count). The van der Waals surface area contributed by atoms with Crippen LogP contribution in [0.5, 0.6) is 11.6 Å². The normalized spacial score (nSPS) is 16.1. The van der Waals surface area contributed by atoms with Gasteiger partial charge in [0.2, 0.25) is 5.88 Å². The molecule has 1 saturated heterocycles. The van der Waals surface area contributed by atoms with Crippen LogP contribution in [0.2, 0.25) is 0 Å². The lowest BCUT2D eigenvalue weighted by molar-refractivity contribution is -0.137. The molecule has 1 unspecified atom stereocenters. The number of ether oxygens (including phenoxy) is 2. The minimum Gasteiger partial charge on any atom is -0.439 e. The van der Waals surface area contributed by atoms with Gasteiger partial charge in [0.15, 0.2) is 0 Å². The Kier molecular flexibility index (Phi) is 8.09. The van der Waals surface area contributed by atoms with Gasteiger partial charge < -0.3 is 14.8 Å². The molecule has 9 heteroatoms. The Hall–Kier alpha value is -2.65. The number of aromatic nitrogens is 1. The van der Waals surface area contributed by atoms with Crippen molar-refractivity contribution in [3.05, 3.63) is 53.7 Å². The summed E-state index contributed by atoms with van der Waals surface area (Å²) in [6.07, 6.45) is -2.75. The van der Waals surface area contributed by atoms with Gasteiger partial charge in [-0.3, -0.25) is 9.69 Å². The highest BCUT2D eigenvalue weighted by atomic mass is 19.4. The Bertz CT molecular complexity index is 865. The van der Waals surface area contributed by atoms with Gasteiger partial charge in [0, 0.05) is 43.5 Å². The van der Waals surface area contributed by atoms with Gasteiger partial charge in [-0.25, -0.2) is 4.98 Å². The third kappa shape index (κ3) is 6.93. The van der Waals surface area contributed by atoms with Gasteiger partial charge in [-0.2, -0.15) is 13.2 Å². The standard InChI is InChI=1S/C23H28F3N3O3/c1-16(2)13-19(29-9-11-31-12-10-29)15-28-22(30)17-3-6-20(7-4-17)32-21-8-5-18(14-27-21)23(24,25)26/h3-8,14,16,19H,9-13,15H2,1-2H3,(H,28,30). The minimum atomic E-state index is -4.45. The lowest BCUT2D eigenvalue weighted by atomic mass is 10.0. The van der Waals surface area contributed by atoms with E-state index >= 15 is 0 Å². The molecule has 1 aromatic heterocycles. The number of pyridine rings is 1. The molecular formula is C23H28F3N3O3. The molecular weight excluding hydrogens is 423 g/mol. The van der Waals surface area contributed by atoms with Crippen LogP contribution in [0.3, 0.4) is 0 Å². The summed E-state index contributed by atoms with van der Waals surface area (Å²) in [5.41, 5.74) is -0.368. The van der Waals surface area contributed by atoms with E-state index in [0.717, 1.165) is 37.8 Å². The van der Waals surface area contributed by atoms with Crippen LogP contribution >= 0.6 is 0 Å². The van der Waals surface area contributed by atoms with E-state index < -0.39 is 11.7 Å². The molecule has 174 valence electrons. The van der Waals surface area contributed by atoms with Crippen molar-refractivity contribution in [2.75, 3.05) is 32.8 Å². The molecule has 0 radical (unpaired) electrons. The molecule has 0 bridgehead atoms. The van der Waals surface area contributed by atoms with Crippen LogP contribution in [0.4, 0.5) is 13.2 Å². The SMILES string of the molecule is CC(C)CC(CNC(=O)c1ccc(Oc2ccc(C(F)(F)F)cn2)cc1)N1CCOCC1. The fraction of sp³-hybridized carbons (Fsp3) is 0.478. The molecule has 1 amide bonds. The van der Waals surface area contributed by atoms with Crippen LogP contribution in [0.25, 0.3) is 0 Å². The molecule has 1 N–H and O–H groups in total. The molecule has 1 fully saturated rings. The Balaban J connectivity index is 1.55. The van der Waals surface area contributed by atoms with Gasteiger partial charge in [0.05, 0.1) is 18.8 Å². The van der Waals surface area contributed by atoms with Crippen LogP contribution < -0.4 is 10.1 Å². The van der Waals surface area contributed by atoms with Gasteiger partial charge in [0.25, 0.3) is 5.91 Å². The van der Waals surface area contributed by atoms with Crippen molar-refractivity contribution in [1.29, 1.82) is 0 Å². The maximum absolute atomic E-state index is 12.6. The Morgan fingerprint density at radius 2 is 1.84 bits per heavy atom. The number of hydrogen-bond acceptors (Lipinski definition) is 5. The molecule has 0 aliphatic carbocycles. The van der Waals surface area contributed by atoms with E-state index in [2.05, 4.69) is 29.0 Å². The molecule has 1 aliphatic rings. The zero-order valence-electron chi connectivity index (χ0n) is 18.2. The van der Waals surface area contributed by atoms with Crippen molar-refractivity contribution in [3.8, 4) is 11.6 Å². The molecule has 2 aromatic rings. The van der Waals surface area contributed by atoms with Gasteiger partial charge in [0.1, 0.15) is 5.75 Å². The largest absolute Gasteiger partial charge is 0.439 e. The summed E-state index contributed by atoms with van der Waals surface area (Å²) in [5, 5.41) is 3.01. The molecule has 0 spiro atoms. The Morgan fingerprint density at radius 3 is 2.41 bits per heavy atom. The van der Waals surface area contributed by atoms with Gasteiger partial charge in [-0.15, -0.1) is 0 Å². The van der Waals surface area contributed by atoms with Crippen molar-refractivity contribution in [2.24, 2.45) is 5.92 Å². The van der Waals surface area contributed by atoms with E-state index in [1.165, 1.54) is 0 Å². The first-order valence-corrected chi connectivity index (χ1v) is 10.6. The second kappa shape index (κ2) is 10.8. The summed E-state index contributed by atoms with van der Waals surface area (Å²) in [6.45, 7) is 8.01. The third-order valence-electron chi connectivity index (χ3n) is 5.21. The lowest BCUT2D eigenvalue weighted by Crippen LogP contribution is -2.49. The molecule has 1 aliphatic heterocycles. The fourth-order valence-corrected chi connectivity index (χ4v) is 3.56. The molecule has 0 saturated carbocycles. The molecule has 6 nitrogen and oxygen atoms in total. The summed E-state index contributed by atoms with van der Waals surface area (Å²) in [6, 6.07) is 8.71. The summed E-state index contributed by atoms with van der Waals surface area (Å²) < 4.78 is 48.8. The van der Waals surface area contributed by atoms with E-state index in [-0.39, 0.29) is 17.8 Å². The average molecular weight is 451 g/mol. The monoisotopic (exact) mass is 451 g/mol. The average Bonchev–Trinajstić information content (AvgIpc) is 2.77. The van der Waals surface area contributed by atoms with E-state index in [1.54, 1.807) is 24.3 Å². The van der Waals surface area contributed by atoms with E-state index in [1.807, 2.05) is 0 Å². The first kappa shape index (κ1) is 24.0. The second-order valence-corrected chi connectivity index (χ2v) is 8.15. The van der Waals surface area contributed by atoms with Crippen molar-refractivity contribution in [3.63, 3.8) is 0 Å². The van der Waals surface area contributed by atoms with Crippen LogP contribution in [0.1, 0.15) is 36.2 Å². The fourth-order valence-electron chi connectivity index (χ4n) is 3.56. The minimum absolute atomic E-state index is 0.0391. The number of carbonyl (C=O) groups is 1. The molecule has 2 heterocycles. The first-order valence-electron chi connectivity index (χ1n) is 10.6. The number of morpholine rings is 1. The summed E-state index contributed by atoms with van der Waals surface area (Å²) in [7, 11) is 0. The van der Waals surface area contributed by atoms with Crippen LogP contribution in [-0.2, 0) is 10.9 Å². The number of rotatable bonds is 8. The van der Waals surface area contributed by atoms with Crippen molar-refractivity contribution in [1.82, 2.24) is 15.2 Å². The number of hydrogen-bond donors (Lipinski definition) is 1. The number of amides is 1. The van der Waals surface area contributed by atoms with Crippen molar-refractivity contribution >= 4 is 5.91 Å². The third-order valence-corrected chi connectivity index (χ3v) is 5.21. The van der Waals surface area contributed by atoms with Crippen molar-refractivity contribution < 1.29 is 27.4 Å². The number of alkyl halides is 3. The van der Waals surface area contributed by atoms with Gasteiger partial charge >= 0.3 is 6.18 Å². The second-order valence-electron chi connectivity index (χ2n) is 8.15. The van der Waals surface area contributed by atoms with Crippen LogP contribution in [0.15, 0.2) is 42.6 Å². The summed E-state index contributed by atoms with van der Waals surface area (Å²) in [4.78, 5) is 18.6. The Labute approximate surface area is 185 Å². The van der Waals surface area contributed by atoms with E-state index in [4.69, 9.17) is 9.47 Å². The zero-order chi connectivity index (χ0) is 23.1. The smallest absolute Gasteiger partial charge is 0.417 e. The highest BCUT2D eigenvalue weighted by molar-refractivity contribution is 5.94. The first-order chi connectivity index (χ1) is 15.2. The maximum atomic E-state index is 12.6. The molecule has 1 aromatic carbocycles. The van der Waals surface area contributed by atoms with Gasteiger partial charge in [-0.05, 0) is 42.7 Å². The highest BCUT2D eigenvalue weighted by Gasteiger charge is 2.30. The van der Waals surface area contributed by atoms with Crippen LogP contribution in [0, 0.1) is 5.92 Å². The number of nitrogens with zero attached hydrogens (tertiary/aromatic N) is 2. The van der Waals surface area contributed by atoms with Crippen LogP contribution in [-0.4, -0.2) is 54.7 Å². The quantitative estimate of drug-likeness (QED) is 0.646. The van der Waals surface area contributed by atoms with E-state index in [9.17, 15) is 18.0 Å². The molecule has 32 heavy (non-hydrogen) atoms. The topological polar surface area (TPSA) is 63.7 Å². The summed E-state index contributed by atoms with van der Waals surface area (Å²) >= 11 is 0. The predicted octanol–water partition coefficient (Wildman–Crippen LogP) is 4.37. The Morgan fingerprint density at radius 1 is 1.16 bits per heavy atom. The number of nitrogens with one attached hydrogen (secondary N) is 1. The highest BCUT2D eigenvalue weighted by Crippen LogP contribution is 2.30. The maximum Gasteiger partial charge on any atom is 0.417 e. The predicted molar refractivity (Wildman–Crippen MR) is 114 cm³/mol. The van der Waals surface area contributed by atoms with E-state index in [0.29, 0.717) is 37.0 Å². The summed E-state index contributed by atoms with van der Waals surface area (Å²) in [5.74, 6) is 0.734. The van der Waals surface area contributed by atoms with Crippen molar-refractivity contribution in [2.45, 2.75) is 32.5 Å². The zero-order valence-corrected chi connectivity index (χ0v) is 18.2. The number of carbonyl (C=O) groups excluding carboxylic acids is 1.